The average Bonchev–Trinajstić information content (AvgIpc) is 3.40. The zero-order valence-electron chi connectivity index (χ0n) is 17.3. The second kappa shape index (κ2) is 6.89. The van der Waals surface area contributed by atoms with Gasteiger partial charge in [-0.1, -0.05) is 6.07 Å². The molecule has 3 heterocycles. The maximum Gasteiger partial charge on any atom is 0.333 e. The summed E-state index contributed by atoms with van der Waals surface area (Å²) in [6.45, 7) is 0. The van der Waals surface area contributed by atoms with Gasteiger partial charge in [-0.3, -0.25) is 14.1 Å². The molecule has 0 spiro atoms. The molecule has 0 aliphatic rings. The number of pyridine rings is 1. The Balaban J connectivity index is 1.94. The fourth-order valence-electron chi connectivity index (χ4n) is 3.98. The van der Waals surface area contributed by atoms with Crippen LogP contribution in [-0.2, 0) is 7.05 Å². The van der Waals surface area contributed by atoms with Gasteiger partial charge in [0.1, 0.15) is 0 Å². The number of benzene rings is 2. The van der Waals surface area contributed by atoms with E-state index in [-0.39, 0.29) is 5.69 Å². The van der Waals surface area contributed by atoms with Crippen LogP contribution in [0.15, 0.2) is 70.4 Å². The summed E-state index contributed by atoms with van der Waals surface area (Å²) < 4.78 is 8.50. The number of imidazole rings is 1. The molecule has 0 bridgehead atoms. The standard InChI is InChI=1S/C24H19N5O2/c1-27(2)20-7-4-15(12-25)10-21(20)29-23-18-11-16(17-8-9-31-14-17)5-6-19(18)26-13-22(23)28(3)24(29)30/h4-11,13-14H,1-3H3. The topological polar surface area (TPSA) is 80.0 Å². The first-order valence-electron chi connectivity index (χ1n) is 9.74. The SMILES string of the molecule is CN(C)c1ccc(C#N)cc1-n1c(=O)n(C)c2cnc3ccc(-c4ccoc4)cc3c21. The Morgan fingerprint density at radius 2 is 1.94 bits per heavy atom. The summed E-state index contributed by atoms with van der Waals surface area (Å²) in [4.78, 5) is 19.9. The highest BCUT2D eigenvalue weighted by atomic mass is 16.3. The number of aryl methyl sites for hydroxylation is 1. The van der Waals surface area contributed by atoms with E-state index in [0.29, 0.717) is 16.8 Å². The molecule has 0 amide bonds. The molecule has 0 saturated carbocycles. The molecule has 2 aromatic carbocycles. The zero-order valence-corrected chi connectivity index (χ0v) is 17.3. The number of hydrogen-bond donors (Lipinski definition) is 0. The van der Waals surface area contributed by atoms with Crippen molar-refractivity contribution in [2.75, 3.05) is 19.0 Å². The van der Waals surface area contributed by atoms with E-state index in [1.165, 1.54) is 0 Å². The summed E-state index contributed by atoms with van der Waals surface area (Å²) in [7, 11) is 5.56. The van der Waals surface area contributed by atoms with Gasteiger partial charge in [0.15, 0.2) is 0 Å². The lowest BCUT2D eigenvalue weighted by Gasteiger charge is -2.18. The van der Waals surface area contributed by atoms with Crippen molar-refractivity contribution in [3.63, 3.8) is 0 Å². The Labute approximate surface area is 178 Å². The monoisotopic (exact) mass is 409 g/mol. The molecule has 0 saturated heterocycles. The Bertz CT molecular complexity index is 1550. The number of aromatic nitrogens is 3. The highest BCUT2D eigenvalue weighted by Crippen LogP contribution is 2.32. The number of hydrogen-bond acceptors (Lipinski definition) is 5. The third kappa shape index (κ3) is 2.81. The minimum absolute atomic E-state index is 0.198. The average molecular weight is 409 g/mol. The van der Waals surface area contributed by atoms with Crippen molar-refractivity contribution in [2.24, 2.45) is 7.05 Å². The van der Waals surface area contributed by atoms with Crippen molar-refractivity contribution in [1.82, 2.24) is 14.1 Å². The molecular formula is C24H19N5O2. The molecule has 152 valence electrons. The maximum absolute atomic E-state index is 13.4. The summed E-state index contributed by atoms with van der Waals surface area (Å²) in [6.07, 6.45) is 5.04. The van der Waals surface area contributed by atoms with Crippen molar-refractivity contribution in [3.8, 4) is 22.9 Å². The maximum atomic E-state index is 13.4. The highest BCUT2D eigenvalue weighted by molar-refractivity contribution is 6.05. The van der Waals surface area contributed by atoms with Crippen LogP contribution in [0.25, 0.3) is 38.8 Å². The normalized spacial score (nSPS) is 11.2. The van der Waals surface area contributed by atoms with Crippen LogP contribution in [0.2, 0.25) is 0 Å². The molecule has 5 aromatic rings. The number of furan rings is 1. The third-order valence-electron chi connectivity index (χ3n) is 5.57. The number of fused-ring (bicyclic) bond motifs is 3. The van der Waals surface area contributed by atoms with E-state index in [4.69, 9.17) is 4.42 Å². The molecule has 0 unspecified atom stereocenters. The summed E-state index contributed by atoms with van der Waals surface area (Å²) in [5.74, 6) is 0. The van der Waals surface area contributed by atoms with Crippen LogP contribution in [-0.4, -0.2) is 28.2 Å². The quantitative estimate of drug-likeness (QED) is 0.449. The van der Waals surface area contributed by atoms with Gasteiger partial charge in [0.25, 0.3) is 0 Å². The van der Waals surface area contributed by atoms with Crippen LogP contribution in [0.3, 0.4) is 0 Å². The molecule has 5 rings (SSSR count). The predicted molar refractivity (Wildman–Crippen MR) is 121 cm³/mol. The van der Waals surface area contributed by atoms with Gasteiger partial charge in [-0.2, -0.15) is 5.26 Å². The molecule has 7 nitrogen and oxygen atoms in total. The van der Waals surface area contributed by atoms with E-state index in [0.717, 1.165) is 33.2 Å². The molecule has 7 heteroatoms. The van der Waals surface area contributed by atoms with Crippen LogP contribution in [0.1, 0.15) is 5.56 Å². The van der Waals surface area contributed by atoms with Crippen molar-refractivity contribution >= 4 is 27.6 Å². The number of nitrogens with zero attached hydrogens (tertiary/aromatic N) is 5. The van der Waals surface area contributed by atoms with Crippen LogP contribution in [0.4, 0.5) is 5.69 Å². The Morgan fingerprint density at radius 3 is 2.65 bits per heavy atom. The van der Waals surface area contributed by atoms with E-state index in [1.54, 1.807) is 47.0 Å². The zero-order chi connectivity index (χ0) is 21.7. The smallest absolute Gasteiger partial charge is 0.333 e. The van der Waals surface area contributed by atoms with Crippen molar-refractivity contribution in [2.45, 2.75) is 0 Å². The molecule has 0 radical (unpaired) electrons. The van der Waals surface area contributed by atoms with E-state index in [1.807, 2.05) is 49.3 Å². The number of nitriles is 1. The minimum atomic E-state index is -0.198. The first-order chi connectivity index (χ1) is 15.0. The third-order valence-corrected chi connectivity index (χ3v) is 5.57. The summed E-state index contributed by atoms with van der Waals surface area (Å²) in [6, 6.07) is 15.4. The van der Waals surface area contributed by atoms with E-state index in [2.05, 4.69) is 11.1 Å². The lowest BCUT2D eigenvalue weighted by atomic mass is 10.0. The van der Waals surface area contributed by atoms with Crippen LogP contribution in [0.5, 0.6) is 0 Å². The first kappa shape index (κ1) is 18.7. The summed E-state index contributed by atoms with van der Waals surface area (Å²) >= 11 is 0. The highest BCUT2D eigenvalue weighted by Gasteiger charge is 2.20. The molecule has 0 aliphatic carbocycles. The lowest BCUT2D eigenvalue weighted by molar-refractivity contribution is 0.568. The summed E-state index contributed by atoms with van der Waals surface area (Å²) in [5.41, 5.74) is 5.95. The molecule has 3 aromatic heterocycles. The first-order valence-corrected chi connectivity index (χ1v) is 9.74. The molecule has 0 N–H and O–H groups in total. The van der Waals surface area contributed by atoms with Gasteiger partial charge in [0.2, 0.25) is 0 Å². The van der Waals surface area contributed by atoms with E-state index >= 15 is 0 Å². The van der Waals surface area contributed by atoms with Crippen molar-refractivity contribution in [1.29, 1.82) is 5.26 Å². The van der Waals surface area contributed by atoms with Gasteiger partial charge in [-0.05, 0) is 42.0 Å². The molecular weight excluding hydrogens is 390 g/mol. The lowest BCUT2D eigenvalue weighted by Crippen LogP contribution is -2.23. The largest absolute Gasteiger partial charge is 0.472 e. The van der Waals surface area contributed by atoms with Crippen LogP contribution < -0.4 is 10.6 Å². The van der Waals surface area contributed by atoms with Gasteiger partial charge in [0.05, 0.1) is 58.3 Å². The molecule has 31 heavy (non-hydrogen) atoms. The number of anilines is 1. The fraction of sp³-hybridized carbons (Fsp3) is 0.125. The van der Waals surface area contributed by atoms with Gasteiger partial charge < -0.3 is 9.32 Å². The molecule has 0 atom stereocenters. The second-order valence-electron chi connectivity index (χ2n) is 7.62. The molecule has 0 fully saturated rings. The Kier molecular flexibility index (Phi) is 4.15. The minimum Gasteiger partial charge on any atom is -0.472 e. The van der Waals surface area contributed by atoms with Gasteiger partial charge in [0, 0.05) is 32.1 Å². The van der Waals surface area contributed by atoms with Gasteiger partial charge >= 0.3 is 5.69 Å². The van der Waals surface area contributed by atoms with Crippen LogP contribution in [0, 0.1) is 11.3 Å². The van der Waals surface area contributed by atoms with Crippen molar-refractivity contribution in [3.05, 3.63) is 77.2 Å². The molecule has 0 aliphatic heterocycles. The van der Waals surface area contributed by atoms with Crippen LogP contribution >= 0.6 is 0 Å². The second-order valence-corrected chi connectivity index (χ2v) is 7.62. The van der Waals surface area contributed by atoms with Gasteiger partial charge in [-0.25, -0.2) is 4.79 Å². The summed E-state index contributed by atoms with van der Waals surface area (Å²) in [5, 5.41) is 10.3. The Hall–Kier alpha value is -4.31. The predicted octanol–water partition coefficient (Wildman–Crippen LogP) is 4.08. The van der Waals surface area contributed by atoms with Gasteiger partial charge in [-0.15, -0.1) is 0 Å². The number of rotatable bonds is 3. The van der Waals surface area contributed by atoms with Crippen molar-refractivity contribution < 1.29 is 4.42 Å². The van der Waals surface area contributed by atoms with E-state index < -0.39 is 0 Å². The fourth-order valence-corrected chi connectivity index (χ4v) is 3.98. The van der Waals surface area contributed by atoms with E-state index in [9.17, 15) is 10.1 Å². The Morgan fingerprint density at radius 1 is 1.10 bits per heavy atom.